The first kappa shape index (κ1) is 29.8. The van der Waals surface area contributed by atoms with Gasteiger partial charge in [0, 0.05) is 18.5 Å². The summed E-state index contributed by atoms with van der Waals surface area (Å²) in [6.45, 7) is 15.1. The molecule has 0 aromatic heterocycles. The standard InChI is InChI=1S/C32H55NO6S/c1-19-15-20(16-33(40(8,37)38)18-27(2,3)36)39-25-24(19)29(6)13-14-32-17-31(32)12-11-23(34)28(4,5)21(31)9-10-22(32)30(29,7)26(25)35/h19-26,34-36H,9-18H2,1-8H3/t19-,20?,21+,22?,23?,24+,25?,26+,29-,30-,31-,32+/m1/s1. The van der Waals surface area contributed by atoms with Gasteiger partial charge in [-0.3, -0.25) is 0 Å². The Kier molecular flexibility index (Phi) is 6.47. The van der Waals surface area contributed by atoms with E-state index in [1.165, 1.54) is 23.4 Å². The first-order chi connectivity index (χ1) is 18.2. The molecule has 4 unspecified atom stereocenters. The Labute approximate surface area is 242 Å². The van der Waals surface area contributed by atoms with E-state index >= 15 is 0 Å². The molecule has 0 radical (unpaired) electrons. The first-order valence-corrected chi connectivity index (χ1v) is 17.8. The van der Waals surface area contributed by atoms with Crippen LogP contribution in [0.4, 0.5) is 0 Å². The minimum Gasteiger partial charge on any atom is -0.393 e. The minimum absolute atomic E-state index is 0.0189. The summed E-state index contributed by atoms with van der Waals surface area (Å²) in [5.74, 6) is 1.53. The van der Waals surface area contributed by atoms with Crippen molar-refractivity contribution in [1.29, 1.82) is 0 Å². The predicted octanol–water partition coefficient (Wildman–Crippen LogP) is 4.19. The molecule has 0 aromatic carbocycles. The Hall–Kier alpha value is -0.250. The fourth-order valence-electron chi connectivity index (χ4n) is 12.5. The molecule has 12 atom stereocenters. The molecule has 6 aliphatic rings. The van der Waals surface area contributed by atoms with Gasteiger partial charge in [-0.1, -0.05) is 34.6 Å². The average Bonchev–Trinajstić information content (AvgIpc) is 3.45. The molecule has 2 spiro atoms. The van der Waals surface area contributed by atoms with E-state index < -0.39 is 21.7 Å². The molecule has 8 heteroatoms. The van der Waals surface area contributed by atoms with Gasteiger partial charge in [-0.15, -0.1) is 0 Å². The predicted molar refractivity (Wildman–Crippen MR) is 155 cm³/mol. The normalized spacial score (nSPS) is 53.2. The lowest BCUT2D eigenvalue weighted by molar-refractivity contribution is -0.182. The van der Waals surface area contributed by atoms with Crippen LogP contribution in [-0.4, -0.2) is 77.4 Å². The van der Waals surface area contributed by atoms with Crippen molar-refractivity contribution in [3.05, 3.63) is 0 Å². The summed E-state index contributed by atoms with van der Waals surface area (Å²) in [7, 11) is -3.53. The number of fused-ring (bicyclic) bond motifs is 4. The number of aliphatic hydroxyl groups excluding tert-OH is 2. The molecule has 5 saturated carbocycles. The van der Waals surface area contributed by atoms with E-state index in [0.717, 1.165) is 38.5 Å². The van der Waals surface area contributed by atoms with E-state index in [9.17, 15) is 23.7 Å². The molecule has 230 valence electrons. The maximum absolute atomic E-state index is 12.6. The van der Waals surface area contributed by atoms with Crippen molar-refractivity contribution in [2.24, 2.45) is 50.7 Å². The second kappa shape index (κ2) is 8.68. The highest BCUT2D eigenvalue weighted by molar-refractivity contribution is 7.88. The van der Waals surface area contributed by atoms with Gasteiger partial charge < -0.3 is 20.1 Å². The zero-order valence-electron chi connectivity index (χ0n) is 26.1. The lowest BCUT2D eigenvalue weighted by atomic mass is 9.41. The van der Waals surface area contributed by atoms with Crippen molar-refractivity contribution in [2.45, 2.75) is 130 Å². The molecule has 7 nitrogen and oxygen atoms in total. The number of ether oxygens (including phenoxy) is 1. The molecule has 40 heavy (non-hydrogen) atoms. The second-order valence-electron chi connectivity index (χ2n) is 17.0. The van der Waals surface area contributed by atoms with Crippen LogP contribution >= 0.6 is 0 Å². The molecule has 6 fully saturated rings. The molecule has 3 N–H and O–H groups in total. The zero-order chi connectivity index (χ0) is 29.5. The van der Waals surface area contributed by atoms with Crippen LogP contribution in [0, 0.1) is 50.7 Å². The third-order valence-electron chi connectivity index (χ3n) is 14.3. The Morgan fingerprint density at radius 2 is 1.60 bits per heavy atom. The summed E-state index contributed by atoms with van der Waals surface area (Å²) >= 11 is 0. The van der Waals surface area contributed by atoms with Gasteiger partial charge >= 0.3 is 0 Å². The summed E-state index contributed by atoms with van der Waals surface area (Å²) in [6, 6.07) is 0. The molecule has 0 amide bonds. The molecular weight excluding hydrogens is 526 g/mol. The third kappa shape index (κ3) is 3.74. The number of hydrogen-bond donors (Lipinski definition) is 3. The van der Waals surface area contributed by atoms with Crippen LogP contribution in [0.25, 0.3) is 0 Å². The van der Waals surface area contributed by atoms with Crippen LogP contribution in [0.3, 0.4) is 0 Å². The quantitative estimate of drug-likeness (QED) is 0.450. The summed E-state index contributed by atoms with van der Waals surface area (Å²) in [4.78, 5) is 0. The maximum Gasteiger partial charge on any atom is 0.211 e. The van der Waals surface area contributed by atoms with E-state index in [1.54, 1.807) is 13.8 Å². The van der Waals surface area contributed by atoms with E-state index in [1.807, 2.05) is 0 Å². The highest BCUT2D eigenvalue weighted by Gasteiger charge is 2.84. The molecule has 1 heterocycles. The second-order valence-corrected chi connectivity index (χ2v) is 19.0. The van der Waals surface area contributed by atoms with Crippen molar-refractivity contribution < 1.29 is 28.5 Å². The number of hydrogen-bond acceptors (Lipinski definition) is 6. The van der Waals surface area contributed by atoms with Crippen molar-refractivity contribution in [3.63, 3.8) is 0 Å². The van der Waals surface area contributed by atoms with Crippen LogP contribution in [0.5, 0.6) is 0 Å². The molecule has 1 saturated heterocycles. The largest absolute Gasteiger partial charge is 0.393 e. The summed E-state index contributed by atoms with van der Waals surface area (Å²) in [5, 5.41) is 33.7. The highest BCUT2D eigenvalue weighted by atomic mass is 32.2. The fraction of sp³-hybridized carbons (Fsp3) is 1.00. The van der Waals surface area contributed by atoms with Gasteiger partial charge in [-0.05, 0) is 111 Å². The number of rotatable bonds is 5. The zero-order valence-corrected chi connectivity index (χ0v) is 26.9. The van der Waals surface area contributed by atoms with Gasteiger partial charge in [0.15, 0.2) is 0 Å². The van der Waals surface area contributed by atoms with Crippen LogP contribution in [0.2, 0.25) is 0 Å². The van der Waals surface area contributed by atoms with E-state index in [2.05, 4.69) is 34.6 Å². The Balaban J connectivity index is 1.30. The minimum atomic E-state index is -3.53. The SMILES string of the molecule is C[C@@H]1CC(CN(CC(C)(C)O)S(C)(=O)=O)OC2[C@H]1[C@@]1(C)CC[C@@]34C[C@@]35CCC(O)C(C)(C)[C@@H]5CCC4[C@]1(C)[C@H]2O. The van der Waals surface area contributed by atoms with Gasteiger partial charge in [0.2, 0.25) is 10.0 Å². The monoisotopic (exact) mass is 581 g/mol. The molecular formula is C32H55NO6S. The van der Waals surface area contributed by atoms with Gasteiger partial charge in [-0.25, -0.2) is 8.42 Å². The van der Waals surface area contributed by atoms with Crippen LogP contribution in [0.15, 0.2) is 0 Å². The maximum atomic E-state index is 12.6. The van der Waals surface area contributed by atoms with Gasteiger partial charge in [-0.2, -0.15) is 4.31 Å². The van der Waals surface area contributed by atoms with Crippen LogP contribution in [-0.2, 0) is 14.8 Å². The van der Waals surface area contributed by atoms with Gasteiger partial charge in [0.25, 0.3) is 0 Å². The molecule has 6 rings (SSSR count). The summed E-state index contributed by atoms with van der Waals surface area (Å²) in [6.07, 6.45) is 8.32. The first-order valence-electron chi connectivity index (χ1n) is 15.9. The van der Waals surface area contributed by atoms with Gasteiger partial charge in [0.1, 0.15) is 0 Å². The average molecular weight is 582 g/mol. The van der Waals surface area contributed by atoms with Gasteiger partial charge in [0.05, 0.1) is 36.3 Å². The third-order valence-corrected chi connectivity index (χ3v) is 15.5. The number of sulfonamides is 1. The summed E-state index contributed by atoms with van der Waals surface area (Å²) in [5.41, 5.74) is -0.942. The van der Waals surface area contributed by atoms with Crippen LogP contribution < -0.4 is 0 Å². The lowest BCUT2D eigenvalue weighted by Gasteiger charge is -2.63. The Morgan fingerprint density at radius 1 is 0.975 bits per heavy atom. The Bertz CT molecular complexity index is 1150. The van der Waals surface area contributed by atoms with Crippen molar-refractivity contribution in [3.8, 4) is 0 Å². The Morgan fingerprint density at radius 3 is 2.23 bits per heavy atom. The van der Waals surface area contributed by atoms with E-state index in [-0.39, 0.29) is 59.0 Å². The topological polar surface area (TPSA) is 107 Å². The van der Waals surface area contributed by atoms with Crippen molar-refractivity contribution in [2.75, 3.05) is 19.3 Å². The van der Waals surface area contributed by atoms with Crippen molar-refractivity contribution in [1.82, 2.24) is 4.31 Å². The number of aliphatic hydroxyl groups is 3. The smallest absolute Gasteiger partial charge is 0.211 e. The molecule has 0 aromatic rings. The fourth-order valence-corrected chi connectivity index (χ4v) is 13.5. The van der Waals surface area contributed by atoms with Crippen LogP contribution in [0.1, 0.15) is 99.8 Å². The van der Waals surface area contributed by atoms with E-state index in [0.29, 0.717) is 23.2 Å². The highest BCUT2D eigenvalue weighted by Crippen LogP contribution is 2.89. The molecule has 0 bridgehead atoms. The van der Waals surface area contributed by atoms with E-state index in [4.69, 9.17) is 4.74 Å². The summed E-state index contributed by atoms with van der Waals surface area (Å²) < 4.78 is 33.4. The number of nitrogens with zero attached hydrogens (tertiary/aromatic N) is 1. The lowest BCUT2D eigenvalue weighted by Crippen LogP contribution is -2.59. The van der Waals surface area contributed by atoms with Crippen molar-refractivity contribution >= 4 is 10.0 Å². The molecule has 5 aliphatic carbocycles. The molecule has 1 aliphatic heterocycles.